The number of benzene rings is 1. The monoisotopic (exact) mass is 235 g/mol. The van der Waals surface area contributed by atoms with Crippen molar-refractivity contribution in [1.82, 2.24) is 5.32 Å². The highest BCUT2D eigenvalue weighted by atomic mass is 16.6. The number of carbonyl (C=O) groups excluding carboxylic acids is 2. The van der Waals surface area contributed by atoms with E-state index in [9.17, 15) is 9.59 Å². The minimum absolute atomic E-state index is 0.0528. The molecule has 1 heterocycles. The molecule has 0 radical (unpaired) electrons. The van der Waals surface area contributed by atoms with Crippen LogP contribution in [0.1, 0.15) is 28.4 Å². The summed E-state index contributed by atoms with van der Waals surface area (Å²) >= 11 is 0. The number of ether oxygens (including phenoxy) is 2. The summed E-state index contributed by atoms with van der Waals surface area (Å²) in [6.45, 7) is 0.412. The maximum Gasteiger partial charge on any atom is 0.407 e. The number of cyclic esters (lactones) is 1. The zero-order valence-corrected chi connectivity index (χ0v) is 9.43. The summed E-state index contributed by atoms with van der Waals surface area (Å²) in [5.41, 5.74) is 1.45. The molecule has 17 heavy (non-hydrogen) atoms. The highest BCUT2D eigenvalue weighted by Crippen LogP contribution is 2.20. The number of hydrogen-bond donors (Lipinski definition) is 1. The van der Waals surface area contributed by atoms with Gasteiger partial charge in [0.05, 0.1) is 25.3 Å². The standard InChI is InChI=1S/C12H13NO4/c1-16-11(14)9-4-2-8(3-5-9)10-6-7-17-12(15)13-10/h2-5,10H,6-7H2,1H3,(H,13,15)/t10-/m0/s1. The van der Waals surface area contributed by atoms with Crippen molar-refractivity contribution in [1.29, 1.82) is 0 Å². The molecule has 1 atom stereocenters. The van der Waals surface area contributed by atoms with Crippen LogP contribution in [-0.2, 0) is 9.47 Å². The third kappa shape index (κ3) is 2.55. The Hall–Kier alpha value is -2.04. The molecule has 0 aliphatic carbocycles. The molecule has 0 saturated carbocycles. The van der Waals surface area contributed by atoms with E-state index in [0.29, 0.717) is 12.2 Å². The fourth-order valence-corrected chi connectivity index (χ4v) is 1.74. The zero-order valence-electron chi connectivity index (χ0n) is 9.43. The number of esters is 1. The van der Waals surface area contributed by atoms with Crippen LogP contribution in [0.5, 0.6) is 0 Å². The van der Waals surface area contributed by atoms with Gasteiger partial charge in [0.25, 0.3) is 0 Å². The van der Waals surface area contributed by atoms with Crippen LogP contribution in [0.25, 0.3) is 0 Å². The Morgan fingerprint density at radius 3 is 2.71 bits per heavy atom. The van der Waals surface area contributed by atoms with Crippen molar-refractivity contribution in [2.24, 2.45) is 0 Å². The molecule has 1 aromatic rings. The van der Waals surface area contributed by atoms with E-state index < -0.39 is 6.09 Å². The molecule has 0 spiro atoms. The summed E-state index contributed by atoms with van der Waals surface area (Å²) in [5.74, 6) is -0.368. The van der Waals surface area contributed by atoms with Crippen molar-refractivity contribution in [3.05, 3.63) is 35.4 Å². The first-order chi connectivity index (χ1) is 8.20. The van der Waals surface area contributed by atoms with Gasteiger partial charge < -0.3 is 14.8 Å². The smallest absolute Gasteiger partial charge is 0.407 e. The van der Waals surface area contributed by atoms with E-state index in [-0.39, 0.29) is 12.0 Å². The molecule has 0 unspecified atom stereocenters. The number of amides is 1. The minimum Gasteiger partial charge on any atom is -0.465 e. The molecule has 0 bridgehead atoms. The third-order valence-corrected chi connectivity index (χ3v) is 2.67. The molecule has 0 aromatic heterocycles. The summed E-state index contributed by atoms with van der Waals surface area (Å²) in [4.78, 5) is 22.3. The van der Waals surface area contributed by atoms with Gasteiger partial charge in [-0.2, -0.15) is 0 Å². The van der Waals surface area contributed by atoms with Gasteiger partial charge in [-0.25, -0.2) is 9.59 Å². The van der Waals surface area contributed by atoms with Crippen molar-refractivity contribution in [3.8, 4) is 0 Å². The van der Waals surface area contributed by atoms with E-state index in [1.807, 2.05) is 12.1 Å². The van der Waals surface area contributed by atoms with Gasteiger partial charge >= 0.3 is 12.1 Å². The van der Waals surface area contributed by atoms with Gasteiger partial charge in [-0.05, 0) is 17.7 Å². The topological polar surface area (TPSA) is 64.6 Å². The molecule has 1 amide bonds. The molecule has 1 aliphatic rings. The van der Waals surface area contributed by atoms with Crippen molar-refractivity contribution < 1.29 is 19.1 Å². The molecule has 1 fully saturated rings. The van der Waals surface area contributed by atoms with Gasteiger partial charge in [0.1, 0.15) is 0 Å². The van der Waals surface area contributed by atoms with E-state index in [1.165, 1.54) is 7.11 Å². The van der Waals surface area contributed by atoms with E-state index in [1.54, 1.807) is 12.1 Å². The average molecular weight is 235 g/mol. The van der Waals surface area contributed by atoms with Crippen molar-refractivity contribution in [2.45, 2.75) is 12.5 Å². The van der Waals surface area contributed by atoms with Crippen LogP contribution in [0.2, 0.25) is 0 Å². The molecule has 1 aromatic carbocycles. The van der Waals surface area contributed by atoms with Gasteiger partial charge in [-0.1, -0.05) is 12.1 Å². The first kappa shape index (κ1) is 11.4. The van der Waals surface area contributed by atoms with Gasteiger partial charge in [0.2, 0.25) is 0 Å². The second-order valence-corrected chi connectivity index (χ2v) is 3.74. The Bertz CT molecular complexity index is 427. The van der Waals surface area contributed by atoms with Gasteiger partial charge in [0.15, 0.2) is 0 Å². The number of rotatable bonds is 2. The van der Waals surface area contributed by atoms with Crippen LogP contribution in [0.4, 0.5) is 4.79 Å². The summed E-state index contributed by atoms with van der Waals surface area (Å²) in [7, 11) is 1.34. The number of hydrogen-bond acceptors (Lipinski definition) is 4. The lowest BCUT2D eigenvalue weighted by atomic mass is 10.0. The Kier molecular flexibility index (Phi) is 3.27. The normalized spacial score (nSPS) is 19.1. The van der Waals surface area contributed by atoms with Gasteiger partial charge in [-0.15, -0.1) is 0 Å². The van der Waals surface area contributed by atoms with Gasteiger partial charge in [0, 0.05) is 6.42 Å². The number of nitrogens with one attached hydrogen (secondary N) is 1. The van der Waals surface area contributed by atoms with Crippen molar-refractivity contribution >= 4 is 12.1 Å². The molecule has 1 saturated heterocycles. The molecular weight excluding hydrogens is 222 g/mol. The lowest BCUT2D eigenvalue weighted by Crippen LogP contribution is -2.35. The largest absolute Gasteiger partial charge is 0.465 e. The van der Waals surface area contributed by atoms with E-state index in [4.69, 9.17) is 4.74 Å². The van der Waals surface area contributed by atoms with Crippen LogP contribution in [0, 0.1) is 0 Å². The maximum absolute atomic E-state index is 11.2. The van der Waals surface area contributed by atoms with Gasteiger partial charge in [-0.3, -0.25) is 0 Å². The van der Waals surface area contributed by atoms with E-state index in [0.717, 1.165) is 12.0 Å². The molecule has 90 valence electrons. The minimum atomic E-state index is -0.404. The number of methoxy groups -OCH3 is 1. The Morgan fingerprint density at radius 2 is 2.12 bits per heavy atom. The Balaban J connectivity index is 2.12. The van der Waals surface area contributed by atoms with Crippen LogP contribution in [-0.4, -0.2) is 25.8 Å². The lowest BCUT2D eigenvalue weighted by molar-refractivity contribution is 0.0600. The first-order valence-electron chi connectivity index (χ1n) is 5.32. The summed E-state index contributed by atoms with van der Waals surface area (Å²) in [5, 5.41) is 2.72. The first-order valence-corrected chi connectivity index (χ1v) is 5.32. The molecule has 1 aliphatic heterocycles. The SMILES string of the molecule is COC(=O)c1ccc([C@@H]2CCOC(=O)N2)cc1. The fraction of sp³-hybridized carbons (Fsp3) is 0.333. The second kappa shape index (κ2) is 4.86. The fourth-order valence-electron chi connectivity index (χ4n) is 1.74. The van der Waals surface area contributed by atoms with Crippen LogP contribution < -0.4 is 5.32 Å². The molecule has 1 N–H and O–H groups in total. The molecule has 5 heteroatoms. The molecule has 5 nitrogen and oxygen atoms in total. The number of carbonyl (C=O) groups is 2. The zero-order chi connectivity index (χ0) is 12.3. The average Bonchev–Trinajstić information content (AvgIpc) is 2.38. The Morgan fingerprint density at radius 1 is 1.41 bits per heavy atom. The quantitative estimate of drug-likeness (QED) is 0.791. The third-order valence-electron chi connectivity index (χ3n) is 2.67. The van der Waals surface area contributed by atoms with Crippen LogP contribution in [0.3, 0.4) is 0 Å². The van der Waals surface area contributed by atoms with Crippen LogP contribution >= 0.6 is 0 Å². The van der Waals surface area contributed by atoms with E-state index in [2.05, 4.69) is 10.1 Å². The van der Waals surface area contributed by atoms with E-state index >= 15 is 0 Å². The second-order valence-electron chi connectivity index (χ2n) is 3.74. The highest BCUT2D eigenvalue weighted by Gasteiger charge is 2.20. The summed E-state index contributed by atoms with van der Waals surface area (Å²) < 4.78 is 9.39. The van der Waals surface area contributed by atoms with Crippen LogP contribution in [0.15, 0.2) is 24.3 Å². The summed E-state index contributed by atoms with van der Waals surface area (Å²) in [6, 6.07) is 6.93. The van der Waals surface area contributed by atoms with Crippen molar-refractivity contribution in [3.63, 3.8) is 0 Å². The number of alkyl carbamates (subject to hydrolysis) is 1. The Labute approximate surface area is 98.7 Å². The highest BCUT2D eigenvalue weighted by molar-refractivity contribution is 5.89. The molecular formula is C12H13NO4. The molecule has 2 rings (SSSR count). The predicted octanol–water partition coefficient (Wildman–Crippen LogP) is 1.64. The van der Waals surface area contributed by atoms with Crippen molar-refractivity contribution in [2.75, 3.05) is 13.7 Å². The predicted molar refractivity (Wildman–Crippen MR) is 59.6 cm³/mol. The summed E-state index contributed by atoms with van der Waals surface area (Å²) in [6.07, 6.45) is 0.321. The lowest BCUT2D eigenvalue weighted by Gasteiger charge is -2.23. The maximum atomic E-state index is 11.2.